The van der Waals surface area contributed by atoms with Gasteiger partial charge < -0.3 is 5.32 Å². The summed E-state index contributed by atoms with van der Waals surface area (Å²) in [6.07, 6.45) is 2.74. The van der Waals surface area contributed by atoms with E-state index in [-0.39, 0.29) is 10.9 Å². The van der Waals surface area contributed by atoms with Gasteiger partial charge in [0.2, 0.25) is 10.0 Å². The predicted molar refractivity (Wildman–Crippen MR) is 89.7 cm³/mol. The van der Waals surface area contributed by atoms with Gasteiger partial charge in [-0.25, -0.2) is 13.1 Å². The van der Waals surface area contributed by atoms with Gasteiger partial charge in [-0.05, 0) is 53.4 Å². The molecule has 1 aromatic rings. The lowest BCUT2D eigenvalue weighted by Gasteiger charge is -2.17. The molecule has 0 aliphatic carbocycles. The Morgan fingerprint density at radius 1 is 1.40 bits per heavy atom. The molecule has 0 aliphatic rings. The van der Waals surface area contributed by atoms with Crippen LogP contribution in [-0.2, 0) is 16.6 Å². The summed E-state index contributed by atoms with van der Waals surface area (Å²) in [4.78, 5) is 0.289. The monoisotopic (exact) mass is 380 g/mol. The summed E-state index contributed by atoms with van der Waals surface area (Å²) >= 11 is 4.99. The summed E-state index contributed by atoms with van der Waals surface area (Å²) in [6.45, 7) is 2.69. The van der Waals surface area contributed by atoms with Crippen molar-refractivity contribution in [2.45, 2.75) is 30.8 Å². The summed E-state index contributed by atoms with van der Waals surface area (Å²) in [5.41, 5.74) is 1.04. The second-order valence-corrected chi connectivity index (χ2v) is 7.92. The Labute approximate surface area is 134 Å². The van der Waals surface area contributed by atoms with E-state index < -0.39 is 10.0 Å². The van der Waals surface area contributed by atoms with E-state index in [4.69, 9.17) is 0 Å². The van der Waals surface area contributed by atoms with E-state index >= 15 is 0 Å². The number of sulfonamides is 1. The third-order valence-corrected chi connectivity index (χ3v) is 6.08. The van der Waals surface area contributed by atoms with E-state index in [1.807, 2.05) is 32.4 Å². The normalized spacial score (nSPS) is 13.4. The van der Waals surface area contributed by atoms with E-state index in [1.54, 1.807) is 17.8 Å². The third-order valence-electron chi connectivity index (χ3n) is 2.85. The van der Waals surface area contributed by atoms with Crippen LogP contribution in [0.5, 0.6) is 0 Å². The lowest BCUT2D eigenvalue weighted by atomic mass is 10.2. The van der Waals surface area contributed by atoms with E-state index in [9.17, 15) is 8.42 Å². The smallest absolute Gasteiger partial charge is 0.241 e. The van der Waals surface area contributed by atoms with Crippen LogP contribution in [0.25, 0.3) is 0 Å². The first-order chi connectivity index (χ1) is 9.44. The summed E-state index contributed by atoms with van der Waals surface area (Å²) in [5.74, 6) is 0.769. The number of hydrogen-bond acceptors (Lipinski definition) is 4. The zero-order valence-corrected chi connectivity index (χ0v) is 15.2. The van der Waals surface area contributed by atoms with Gasteiger partial charge in [-0.3, -0.25) is 0 Å². The summed E-state index contributed by atoms with van der Waals surface area (Å²) in [5, 5.41) is 3.04. The Balaban J connectivity index is 2.97. The molecule has 0 radical (unpaired) electrons. The van der Waals surface area contributed by atoms with Gasteiger partial charge >= 0.3 is 0 Å². The van der Waals surface area contributed by atoms with Gasteiger partial charge in [0, 0.05) is 22.8 Å². The van der Waals surface area contributed by atoms with Crippen molar-refractivity contribution in [2.24, 2.45) is 0 Å². The Morgan fingerprint density at radius 3 is 2.60 bits per heavy atom. The van der Waals surface area contributed by atoms with Crippen LogP contribution in [0.1, 0.15) is 18.9 Å². The number of nitrogens with one attached hydrogen (secondary N) is 2. The second kappa shape index (κ2) is 8.38. The van der Waals surface area contributed by atoms with Gasteiger partial charge in [0.1, 0.15) is 0 Å². The van der Waals surface area contributed by atoms with E-state index in [1.165, 1.54) is 0 Å². The minimum absolute atomic E-state index is 0.0427. The molecule has 20 heavy (non-hydrogen) atoms. The molecule has 1 unspecified atom stereocenters. The van der Waals surface area contributed by atoms with Crippen molar-refractivity contribution in [1.29, 1.82) is 0 Å². The average molecular weight is 381 g/mol. The number of halogens is 1. The molecule has 114 valence electrons. The maximum Gasteiger partial charge on any atom is 0.241 e. The molecule has 1 aromatic carbocycles. The van der Waals surface area contributed by atoms with Crippen LogP contribution in [0.2, 0.25) is 0 Å². The van der Waals surface area contributed by atoms with Crippen LogP contribution in [0.15, 0.2) is 27.6 Å². The van der Waals surface area contributed by atoms with Crippen LogP contribution >= 0.6 is 27.7 Å². The molecule has 2 N–H and O–H groups in total. The van der Waals surface area contributed by atoms with Gasteiger partial charge in [-0.2, -0.15) is 11.8 Å². The number of benzene rings is 1. The van der Waals surface area contributed by atoms with E-state index in [0.717, 1.165) is 17.7 Å². The van der Waals surface area contributed by atoms with Crippen LogP contribution in [-0.4, -0.2) is 33.5 Å². The molecule has 0 saturated heterocycles. The Kier molecular flexibility index (Phi) is 7.53. The molecule has 0 bridgehead atoms. The molecular weight excluding hydrogens is 360 g/mol. The van der Waals surface area contributed by atoms with Gasteiger partial charge in [-0.15, -0.1) is 0 Å². The lowest BCUT2D eigenvalue weighted by Crippen LogP contribution is -2.36. The zero-order valence-electron chi connectivity index (χ0n) is 11.9. The Morgan fingerprint density at radius 2 is 2.10 bits per heavy atom. The average Bonchev–Trinajstić information content (AvgIpc) is 2.38. The van der Waals surface area contributed by atoms with Crippen LogP contribution in [0.4, 0.5) is 0 Å². The molecule has 0 fully saturated rings. The molecule has 1 atom stereocenters. The summed E-state index contributed by atoms with van der Waals surface area (Å²) < 4.78 is 28.2. The Bertz CT molecular complexity index is 535. The highest BCUT2D eigenvalue weighted by Crippen LogP contribution is 2.24. The molecule has 4 nitrogen and oxygen atoms in total. The van der Waals surface area contributed by atoms with Crippen LogP contribution in [0, 0.1) is 0 Å². The first kappa shape index (κ1) is 18.0. The first-order valence-electron chi connectivity index (χ1n) is 6.38. The van der Waals surface area contributed by atoms with Crippen molar-refractivity contribution in [1.82, 2.24) is 10.0 Å². The van der Waals surface area contributed by atoms with Gasteiger partial charge in [0.05, 0.1) is 4.90 Å². The van der Waals surface area contributed by atoms with Crippen molar-refractivity contribution in [2.75, 3.05) is 19.1 Å². The topological polar surface area (TPSA) is 58.2 Å². The number of hydrogen-bond donors (Lipinski definition) is 2. The van der Waals surface area contributed by atoms with Crippen molar-refractivity contribution in [3.63, 3.8) is 0 Å². The first-order valence-corrected chi connectivity index (χ1v) is 10.1. The number of rotatable bonds is 8. The summed E-state index contributed by atoms with van der Waals surface area (Å²) in [6, 6.07) is 5.26. The minimum Gasteiger partial charge on any atom is -0.316 e. The molecule has 0 saturated carbocycles. The third kappa shape index (κ3) is 5.04. The molecule has 7 heteroatoms. The van der Waals surface area contributed by atoms with Crippen molar-refractivity contribution in [3.8, 4) is 0 Å². The standard InChI is InChI=1S/C13H21BrN2O2S2/c1-4-11(9-19-3)16-20(17,18)13-6-5-10(8-15-2)7-12(13)14/h5-7,11,15-16H,4,8-9H2,1-3H3. The van der Waals surface area contributed by atoms with E-state index in [0.29, 0.717) is 11.0 Å². The molecule has 0 aromatic heterocycles. The fraction of sp³-hybridized carbons (Fsp3) is 0.538. The van der Waals surface area contributed by atoms with Crippen LogP contribution < -0.4 is 10.0 Å². The van der Waals surface area contributed by atoms with Crippen LogP contribution in [0.3, 0.4) is 0 Å². The van der Waals surface area contributed by atoms with Gasteiger partial charge in [0.25, 0.3) is 0 Å². The lowest BCUT2D eigenvalue weighted by molar-refractivity contribution is 0.557. The largest absolute Gasteiger partial charge is 0.316 e. The zero-order chi connectivity index (χ0) is 15.2. The quantitative estimate of drug-likeness (QED) is 0.727. The highest BCUT2D eigenvalue weighted by atomic mass is 79.9. The maximum atomic E-state index is 12.4. The van der Waals surface area contributed by atoms with Crippen molar-refractivity contribution >= 4 is 37.7 Å². The predicted octanol–water partition coefficient (Wildman–Crippen LogP) is 2.59. The molecule has 0 heterocycles. The highest BCUT2D eigenvalue weighted by molar-refractivity contribution is 9.10. The molecular formula is C13H21BrN2O2S2. The number of thioether (sulfide) groups is 1. The molecule has 1 rings (SSSR count). The molecule has 0 amide bonds. The fourth-order valence-electron chi connectivity index (χ4n) is 1.80. The second-order valence-electron chi connectivity index (χ2n) is 4.48. The van der Waals surface area contributed by atoms with Gasteiger partial charge in [0.15, 0.2) is 0 Å². The maximum absolute atomic E-state index is 12.4. The van der Waals surface area contributed by atoms with Crippen molar-refractivity contribution in [3.05, 3.63) is 28.2 Å². The molecule has 0 spiro atoms. The summed E-state index contributed by atoms with van der Waals surface area (Å²) in [7, 11) is -1.63. The fourth-order valence-corrected chi connectivity index (χ4v) is 5.07. The highest BCUT2D eigenvalue weighted by Gasteiger charge is 2.21. The van der Waals surface area contributed by atoms with Gasteiger partial charge in [-0.1, -0.05) is 13.0 Å². The SMILES string of the molecule is CCC(CSC)NS(=O)(=O)c1ccc(CNC)cc1Br. The molecule has 0 aliphatic heterocycles. The van der Waals surface area contributed by atoms with E-state index in [2.05, 4.69) is 26.0 Å². The Hall–Kier alpha value is -0.0800. The van der Waals surface area contributed by atoms with Crippen molar-refractivity contribution < 1.29 is 8.42 Å². The minimum atomic E-state index is -3.49.